The van der Waals surface area contributed by atoms with Gasteiger partial charge in [-0.05, 0) is 43.0 Å². The zero-order valence-electron chi connectivity index (χ0n) is 10.5. The normalized spacial score (nSPS) is 34.3. The molecule has 2 saturated heterocycles. The second-order valence-corrected chi connectivity index (χ2v) is 5.54. The van der Waals surface area contributed by atoms with Crippen LogP contribution in [0.25, 0.3) is 0 Å². The first kappa shape index (κ1) is 11.7. The summed E-state index contributed by atoms with van der Waals surface area (Å²) in [5.41, 5.74) is 1.75. The molecule has 2 unspecified atom stereocenters. The van der Waals surface area contributed by atoms with E-state index in [9.17, 15) is 5.11 Å². The summed E-state index contributed by atoms with van der Waals surface area (Å²) in [6, 6.07) is 7.70. The van der Waals surface area contributed by atoms with Gasteiger partial charge in [0.1, 0.15) is 0 Å². The Balaban J connectivity index is 2.01. The van der Waals surface area contributed by atoms with Gasteiger partial charge in [-0.2, -0.15) is 5.26 Å². The number of hydrogen-bond acceptors (Lipinski definition) is 3. The minimum atomic E-state index is -0.818. The molecule has 3 nitrogen and oxygen atoms in total. The van der Waals surface area contributed by atoms with Gasteiger partial charge in [0.05, 0.1) is 29.4 Å². The van der Waals surface area contributed by atoms with Gasteiger partial charge in [0.15, 0.2) is 0 Å². The van der Waals surface area contributed by atoms with Crippen LogP contribution < -0.4 is 0 Å². The third kappa shape index (κ3) is 1.82. The highest BCUT2D eigenvalue weighted by molar-refractivity contribution is 5.41. The fourth-order valence-corrected chi connectivity index (χ4v) is 3.33. The van der Waals surface area contributed by atoms with E-state index < -0.39 is 5.60 Å². The van der Waals surface area contributed by atoms with Crippen LogP contribution in [0, 0.1) is 18.3 Å². The molecule has 2 atom stereocenters. The van der Waals surface area contributed by atoms with E-state index in [2.05, 4.69) is 6.07 Å². The number of ether oxygens (including phenoxy) is 1. The molecule has 0 saturated carbocycles. The number of fused-ring (bicyclic) bond motifs is 2. The molecule has 0 aliphatic carbocycles. The molecule has 1 aromatic carbocycles. The smallest absolute Gasteiger partial charge is 0.0991 e. The third-order valence-electron chi connectivity index (χ3n) is 4.19. The highest BCUT2D eigenvalue weighted by atomic mass is 16.5. The Morgan fingerprint density at radius 3 is 2.61 bits per heavy atom. The number of aliphatic hydroxyl groups is 1. The monoisotopic (exact) mass is 243 g/mol. The Hall–Kier alpha value is -1.37. The lowest BCUT2D eigenvalue weighted by Gasteiger charge is -2.37. The van der Waals surface area contributed by atoms with E-state index in [4.69, 9.17) is 10.00 Å². The summed E-state index contributed by atoms with van der Waals surface area (Å²) in [6.07, 6.45) is 3.75. The van der Waals surface area contributed by atoms with Crippen LogP contribution >= 0.6 is 0 Å². The van der Waals surface area contributed by atoms with E-state index >= 15 is 0 Å². The minimum Gasteiger partial charge on any atom is -0.385 e. The molecule has 18 heavy (non-hydrogen) atoms. The average Bonchev–Trinajstić information content (AvgIpc) is 2.70. The summed E-state index contributed by atoms with van der Waals surface area (Å²) < 4.78 is 5.79. The van der Waals surface area contributed by atoms with Gasteiger partial charge in [0.25, 0.3) is 0 Å². The van der Waals surface area contributed by atoms with Gasteiger partial charge in [0.2, 0.25) is 0 Å². The van der Waals surface area contributed by atoms with Crippen molar-refractivity contribution in [2.75, 3.05) is 0 Å². The number of nitrogens with zero attached hydrogens (tertiary/aromatic N) is 1. The molecule has 2 aliphatic rings. The summed E-state index contributed by atoms with van der Waals surface area (Å²) in [5.74, 6) is 0. The Labute approximate surface area is 107 Å². The number of aryl methyl sites for hydroxylation is 1. The van der Waals surface area contributed by atoms with Gasteiger partial charge in [-0.1, -0.05) is 6.07 Å². The molecule has 2 fully saturated rings. The Morgan fingerprint density at radius 2 is 2.00 bits per heavy atom. The molecule has 1 N–H and O–H groups in total. The Bertz CT molecular complexity index is 506. The number of benzene rings is 1. The Kier molecular flexibility index (Phi) is 2.65. The highest BCUT2D eigenvalue weighted by Gasteiger charge is 2.45. The van der Waals surface area contributed by atoms with Crippen LogP contribution in [0.3, 0.4) is 0 Å². The van der Waals surface area contributed by atoms with Crippen LogP contribution in [-0.2, 0) is 10.3 Å². The van der Waals surface area contributed by atoms with Crippen molar-refractivity contribution in [2.24, 2.45) is 0 Å². The van der Waals surface area contributed by atoms with E-state index in [1.165, 1.54) is 0 Å². The maximum absolute atomic E-state index is 10.9. The summed E-state index contributed by atoms with van der Waals surface area (Å²) in [6.45, 7) is 1.99. The molecule has 0 amide bonds. The van der Waals surface area contributed by atoms with Crippen LogP contribution in [-0.4, -0.2) is 17.3 Å². The number of rotatable bonds is 1. The molecule has 2 aliphatic heterocycles. The van der Waals surface area contributed by atoms with Crippen LogP contribution in [0.1, 0.15) is 42.4 Å². The summed E-state index contributed by atoms with van der Waals surface area (Å²) >= 11 is 0. The topological polar surface area (TPSA) is 53.2 Å². The maximum Gasteiger partial charge on any atom is 0.0991 e. The van der Waals surface area contributed by atoms with Crippen molar-refractivity contribution in [3.05, 3.63) is 34.9 Å². The molecule has 0 radical (unpaired) electrons. The summed E-state index contributed by atoms with van der Waals surface area (Å²) in [4.78, 5) is 0. The van der Waals surface area contributed by atoms with E-state index in [-0.39, 0.29) is 12.2 Å². The van der Waals surface area contributed by atoms with Crippen molar-refractivity contribution in [3.63, 3.8) is 0 Å². The van der Waals surface area contributed by atoms with Crippen LogP contribution in [0.15, 0.2) is 18.2 Å². The zero-order chi connectivity index (χ0) is 12.8. The zero-order valence-corrected chi connectivity index (χ0v) is 10.5. The lowest BCUT2D eigenvalue weighted by atomic mass is 9.81. The van der Waals surface area contributed by atoms with E-state index in [1.54, 1.807) is 6.07 Å². The van der Waals surface area contributed by atoms with Crippen molar-refractivity contribution in [3.8, 4) is 6.07 Å². The average molecular weight is 243 g/mol. The van der Waals surface area contributed by atoms with Crippen LogP contribution in [0.4, 0.5) is 0 Å². The lowest BCUT2D eigenvalue weighted by Crippen LogP contribution is -2.39. The molecule has 94 valence electrons. The number of hydrogen-bond donors (Lipinski definition) is 1. The van der Waals surface area contributed by atoms with Crippen molar-refractivity contribution in [1.29, 1.82) is 5.26 Å². The van der Waals surface area contributed by atoms with Gasteiger partial charge in [-0.15, -0.1) is 0 Å². The predicted molar refractivity (Wildman–Crippen MR) is 66.9 cm³/mol. The molecular weight excluding hydrogens is 226 g/mol. The second-order valence-electron chi connectivity index (χ2n) is 5.54. The Morgan fingerprint density at radius 1 is 1.33 bits per heavy atom. The second kappa shape index (κ2) is 4.08. The quantitative estimate of drug-likeness (QED) is 0.824. The lowest BCUT2D eigenvalue weighted by molar-refractivity contribution is -0.115. The van der Waals surface area contributed by atoms with Crippen LogP contribution in [0.2, 0.25) is 0 Å². The fraction of sp³-hybridized carbons (Fsp3) is 0.533. The van der Waals surface area contributed by atoms with Crippen molar-refractivity contribution in [1.82, 2.24) is 0 Å². The van der Waals surface area contributed by atoms with E-state index in [1.807, 2.05) is 19.1 Å². The first-order valence-corrected chi connectivity index (χ1v) is 6.50. The number of nitriles is 1. The third-order valence-corrected chi connectivity index (χ3v) is 4.19. The van der Waals surface area contributed by atoms with Gasteiger partial charge < -0.3 is 9.84 Å². The van der Waals surface area contributed by atoms with E-state index in [0.29, 0.717) is 18.4 Å². The molecule has 1 aromatic rings. The van der Waals surface area contributed by atoms with Crippen molar-refractivity contribution < 1.29 is 9.84 Å². The highest BCUT2D eigenvalue weighted by Crippen LogP contribution is 2.44. The molecule has 3 heteroatoms. The standard InChI is InChI=1S/C15H17NO2/c1-10-2-3-11(9-16)6-14(10)15(17)7-12-4-5-13(8-15)18-12/h2-3,6,12-13,17H,4-5,7-8H2,1H3. The molecule has 0 spiro atoms. The molecule has 2 bridgehead atoms. The molecule has 2 heterocycles. The summed E-state index contributed by atoms with van der Waals surface area (Å²) in [7, 11) is 0. The first-order valence-electron chi connectivity index (χ1n) is 6.50. The van der Waals surface area contributed by atoms with Gasteiger partial charge >= 0.3 is 0 Å². The molecular formula is C15H17NO2. The largest absolute Gasteiger partial charge is 0.385 e. The van der Waals surface area contributed by atoms with E-state index in [0.717, 1.165) is 24.0 Å². The first-order chi connectivity index (χ1) is 8.60. The molecule has 0 aromatic heterocycles. The SMILES string of the molecule is Cc1ccc(C#N)cc1C1(O)CC2CCC(C1)O2. The maximum atomic E-state index is 10.9. The van der Waals surface area contributed by atoms with Gasteiger partial charge in [-0.25, -0.2) is 0 Å². The van der Waals surface area contributed by atoms with Gasteiger partial charge in [0, 0.05) is 12.8 Å². The predicted octanol–water partition coefficient (Wildman–Crippen LogP) is 2.40. The minimum absolute atomic E-state index is 0.180. The summed E-state index contributed by atoms with van der Waals surface area (Å²) in [5, 5.41) is 19.9. The molecule has 3 rings (SSSR count). The van der Waals surface area contributed by atoms with Gasteiger partial charge in [-0.3, -0.25) is 0 Å². The van der Waals surface area contributed by atoms with Crippen molar-refractivity contribution in [2.45, 2.75) is 50.4 Å². The van der Waals surface area contributed by atoms with Crippen molar-refractivity contribution >= 4 is 0 Å². The fourth-order valence-electron chi connectivity index (χ4n) is 3.33. The van der Waals surface area contributed by atoms with Crippen LogP contribution in [0.5, 0.6) is 0 Å².